The minimum absolute atomic E-state index is 0.0286. The van der Waals surface area contributed by atoms with Gasteiger partial charge < -0.3 is 11.1 Å². The Kier molecular flexibility index (Phi) is 5.82. The molecule has 2 amide bonds. The first-order valence-electron chi connectivity index (χ1n) is 10.1. The number of hydrogen-bond acceptors (Lipinski definition) is 7. The van der Waals surface area contributed by atoms with E-state index in [4.69, 9.17) is 5.73 Å². The number of amides is 2. The number of anilines is 1. The zero-order valence-electron chi connectivity index (χ0n) is 17.7. The first-order valence-corrected chi connectivity index (χ1v) is 10.9. The smallest absolute Gasteiger partial charge is 0.312 e. The number of carbonyl (C=O) groups is 2. The molecule has 0 aliphatic heterocycles. The number of aryl methyl sites for hydroxylation is 2. The van der Waals surface area contributed by atoms with Crippen LogP contribution in [0, 0.1) is 24.0 Å². The molecule has 4 rings (SSSR count). The number of nitrogens with two attached hydrogens (primary N) is 1. The summed E-state index contributed by atoms with van der Waals surface area (Å²) < 4.78 is 28.1. The lowest BCUT2D eigenvalue weighted by Crippen LogP contribution is -2.18. The second kappa shape index (κ2) is 8.46. The van der Waals surface area contributed by atoms with Crippen molar-refractivity contribution >= 4 is 44.7 Å². The summed E-state index contributed by atoms with van der Waals surface area (Å²) in [5.74, 6) is -1.23. The molecule has 0 spiro atoms. The molecule has 33 heavy (non-hydrogen) atoms. The molecule has 174 valence electrons. The van der Waals surface area contributed by atoms with Gasteiger partial charge in [-0.2, -0.15) is 5.10 Å². The van der Waals surface area contributed by atoms with Crippen LogP contribution in [0.5, 0.6) is 0 Å². The molecule has 3 N–H and O–H groups in total. The van der Waals surface area contributed by atoms with E-state index in [2.05, 4.69) is 15.4 Å². The van der Waals surface area contributed by atoms with E-state index in [9.17, 15) is 28.5 Å². The molecule has 3 aromatic rings. The first-order chi connectivity index (χ1) is 15.6. The highest BCUT2D eigenvalue weighted by molar-refractivity contribution is 7.21. The predicted molar refractivity (Wildman–Crippen MR) is 117 cm³/mol. The van der Waals surface area contributed by atoms with Crippen LogP contribution in [0.4, 0.5) is 20.2 Å². The summed E-state index contributed by atoms with van der Waals surface area (Å²) in [4.78, 5) is 39.7. The van der Waals surface area contributed by atoms with Gasteiger partial charge in [0.15, 0.2) is 0 Å². The highest BCUT2D eigenvalue weighted by atomic mass is 32.1. The Labute approximate surface area is 189 Å². The SMILES string of the molecule is Cc1nn(CCC(=O)Nc2c(C(N)=O)sc3nc(C(F)F)cc(C4CC4)c23)c(C)c1[N+](=O)[O-]. The molecule has 13 heteroatoms. The van der Waals surface area contributed by atoms with Crippen molar-refractivity contribution in [2.75, 3.05) is 5.32 Å². The van der Waals surface area contributed by atoms with Crippen LogP contribution in [0.3, 0.4) is 0 Å². The Morgan fingerprint density at radius 3 is 2.64 bits per heavy atom. The standard InChI is InChI=1S/C20H20F2N6O4S/c1-8-16(28(31)32)9(2)27(26-8)6-5-13(29)25-15-14-11(10-3-4-10)7-12(18(21)22)24-20(14)33-17(15)19(23)30/h7,10,18H,3-6H2,1-2H3,(H2,23,30)(H,25,29). The number of primary amides is 1. The Morgan fingerprint density at radius 1 is 1.39 bits per heavy atom. The predicted octanol–water partition coefficient (Wildman–Crippen LogP) is 3.96. The van der Waals surface area contributed by atoms with Gasteiger partial charge in [-0.05, 0) is 44.2 Å². The molecule has 3 aromatic heterocycles. The molecule has 0 radical (unpaired) electrons. The number of thiophene rings is 1. The monoisotopic (exact) mass is 478 g/mol. The second-order valence-corrected chi connectivity index (χ2v) is 8.86. The van der Waals surface area contributed by atoms with E-state index in [0.717, 1.165) is 24.2 Å². The van der Waals surface area contributed by atoms with E-state index in [1.54, 1.807) is 6.92 Å². The van der Waals surface area contributed by atoms with Crippen LogP contribution < -0.4 is 11.1 Å². The maximum absolute atomic E-state index is 13.3. The molecule has 0 unspecified atom stereocenters. The van der Waals surface area contributed by atoms with Gasteiger partial charge in [-0.25, -0.2) is 13.8 Å². The number of nitro groups is 1. The number of nitrogens with one attached hydrogen (secondary N) is 1. The Hall–Kier alpha value is -3.48. The summed E-state index contributed by atoms with van der Waals surface area (Å²) >= 11 is 0.864. The van der Waals surface area contributed by atoms with Gasteiger partial charge in [0.2, 0.25) is 5.91 Å². The molecule has 0 saturated heterocycles. The average Bonchev–Trinajstić information content (AvgIpc) is 3.45. The number of carbonyl (C=O) groups excluding carboxylic acids is 2. The quantitative estimate of drug-likeness (QED) is 0.370. The van der Waals surface area contributed by atoms with Crippen molar-refractivity contribution in [1.29, 1.82) is 0 Å². The number of hydrogen-bond donors (Lipinski definition) is 2. The zero-order valence-corrected chi connectivity index (χ0v) is 18.5. The van der Waals surface area contributed by atoms with Crippen molar-refractivity contribution in [2.24, 2.45) is 5.73 Å². The molecule has 1 aliphatic carbocycles. The van der Waals surface area contributed by atoms with Gasteiger partial charge in [-0.3, -0.25) is 24.4 Å². The molecule has 0 aromatic carbocycles. The largest absolute Gasteiger partial charge is 0.365 e. The Bertz CT molecular complexity index is 1300. The van der Waals surface area contributed by atoms with Crippen molar-refractivity contribution in [3.63, 3.8) is 0 Å². The van der Waals surface area contributed by atoms with E-state index >= 15 is 0 Å². The lowest BCUT2D eigenvalue weighted by Gasteiger charge is -2.10. The Morgan fingerprint density at radius 2 is 2.09 bits per heavy atom. The number of alkyl halides is 2. The molecule has 1 fully saturated rings. The van der Waals surface area contributed by atoms with Crippen LogP contribution in [0.25, 0.3) is 10.2 Å². The maximum atomic E-state index is 13.3. The maximum Gasteiger partial charge on any atom is 0.312 e. The van der Waals surface area contributed by atoms with E-state index in [0.29, 0.717) is 16.6 Å². The second-order valence-electron chi connectivity index (χ2n) is 7.86. The highest BCUT2D eigenvalue weighted by Crippen LogP contribution is 2.48. The van der Waals surface area contributed by atoms with E-state index < -0.39 is 23.2 Å². The van der Waals surface area contributed by atoms with Crippen LogP contribution in [0.1, 0.15) is 63.9 Å². The highest BCUT2D eigenvalue weighted by Gasteiger charge is 2.32. The molecule has 3 heterocycles. The van der Waals surface area contributed by atoms with Crippen molar-refractivity contribution in [3.8, 4) is 0 Å². The number of halogens is 2. The summed E-state index contributed by atoms with van der Waals surface area (Å²) in [5.41, 5.74) is 6.35. The lowest BCUT2D eigenvalue weighted by atomic mass is 10.0. The minimum atomic E-state index is -2.77. The molecule has 1 aliphatic rings. The number of aromatic nitrogens is 3. The molecular formula is C20H20F2N6O4S. The Balaban J connectivity index is 1.65. The van der Waals surface area contributed by atoms with Gasteiger partial charge in [0, 0.05) is 11.8 Å². The third-order valence-corrected chi connectivity index (χ3v) is 6.62. The normalized spacial score (nSPS) is 13.6. The summed E-state index contributed by atoms with van der Waals surface area (Å²) in [6.45, 7) is 3.13. The van der Waals surface area contributed by atoms with Crippen molar-refractivity contribution in [2.45, 2.75) is 52.0 Å². The van der Waals surface area contributed by atoms with Crippen LogP contribution in [-0.4, -0.2) is 31.5 Å². The van der Waals surface area contributed by atoms with Crippen LogP contribution in [0.2, 0.25) is 0 Å². The summed E-state index contributed by atoms with van der Waals surface area (Å²) in [7, 11) is 0. The van der Waals surface area contributed by atoms with Gasteiger partial charge >= 0.3 is 5.69 Å². The zero-order chi connectivity index (χ0) is 24.0. The number of nitrogens with zero attached hydrogens (tertiary/aromatic N) is 4. The minimum Gasteiger partial charge on any atom is -0.365 e. The van der Waals surface area contributed by atoms with Crippen molar-refractivity contribution < 1.29 is 23.3 Å². The lowest BCUT2D eigenvalue weighted by molar-refractivity contribution is -0.386. The fraction of sp³-hybridized carbons (Fsp3) is 0.400. The van der Waals surface area contributed by atoms with Gasteiger partial charge in [-0.15, -0.1) is 11.3 Å². The van der Waals surface area contributed by atoms with Crippen LogP contribution >= 0.6 is 11.3 Å². The first kappa shape index (κ1) is 22.7. The summed E-state index contributed by atoms with van der Waals surface area (Å²) in [6.07, 6.45) is -1.23. The van der Waals surface area contributed by atoms with Crippen molar-refractivity contribution in [1.82, 2.24) is 14.8 Å². The number of fused-ring (bicyclic) bond motifs is 1. The van der Waals surface area contributed by atoms with Crippen LogP contribution in [-0.2, 0) is 11.3 Å². The fourth-order valence-corrected chi connectivity index (χ4v) is 4.87. The summed E-state index contributed by atoms with van der Waals surface area (Å²) in [5, 5.41) is 18.4. The number of pyridine rings is 1. The van der Waals surface area contributed by atoms with Gasteiger partial charge in [0.1, 0.15) is 26.8 Å². The van der Waals surface area contributed by atoms with Crippen LogP contribution in [0.15, 0.2) is 6.07 Å². The molecule has 0 bridgehead atoms. The fourth-order valence-electron chi connectivity index (χ4n) is 3.85. The molecular weight excluding hydrogens is 458 g/mol. The molecule has 10 nitrogen and oxygen atoms in total. The molecule has 0 atom stereocenters. The van der Waals surface area contributed by atoms with Gasteiger partial charge in [0.25, 0.3) is 12.3 Å². The third-order valence-electron chi connectivity index (χ3n) is 5.52. The van der Waals surface area contributed by atoms with E-state index in [1.807, 2.05) is 0 Å². The average molecular weight is 478 g/mol. The molecule has 1 saturated carbocycles. The van der Waals surface area contributed by atoms with E-state index in [1.165, 1.54) is 17.7 Å². The van der Waals surface area contributed by atoms with Gasteiger partial charge in [-0.1, -0.05) is 0 Å². The van der Waals surface area contributed by atoms with E-state index in [-0.39, 0.29) is 51.4 Å². The van der Waals surface area contributed by atoms with Gasteiger partial charge in [0.05, 0.1) is 17.2 Å². The summed E-state index contributed by atoms with van der Waals surface area (Å²) in [6, 6.07) is 1.33. The third kappa shape index (κ3) is 4.27. The van der Waals surface area contributed by atoms with Crippen molar-refractivity contribution in [3.05, 3.63) is 43.7 Å². The topological polar surface area (TPSA) is 146 Å². The number of rotatable bonds is 8.